The Morgan fingerprint density at radius 1 is 1.33 bits per heavy atom. The van der Waals surface area contributed by atoms with Crippen molar-refractivity contribution in [1.82, 2.24) is 0 Å². The number of aliphatic hydroxyl groups excluding tert-OH is 1. The van der Waals surface area contributed by atoms with E-state index in [1.165, 1.54) is 0 Å². The van der Waals surface area contributed by atoms with Gasteiger partial charge in [0, 0.05) is 5.02 Å². The minimum atomic E-state index is -0.209. The number of benzene rings is 1. The second kappa shape index (κ2) is 4.39. The zero-order valence-corrected chi connectivity index (χ0v) is 9.04. The van der Waals surface area contributed by atoms with Crippen LogP contribution in [0, 0.1) is 5.41 Å². The van der Waals surface area contributed by atoms with Gasteiger partial charge < -0.3 is 14.6 Å². The maximum absolute atomic E-state index is 9.18. The van der Waals surface area contributed by atoms with Gasteiger partial charge in [0.15, 0.2) is 0 Å². The van der Waals surface area contributed by atoms with Gasteiger partial charge in [0.1, 0.15) is 12.4 Å². The van der Waals surface area contributed by atoms with Crippen LogP contribution < -0.4 is 4.74 Å². The lowest BCUT2D eigenvalue weighted by Crippen LogP contribution is -2.49. The van der Waals surface area contributed by atoms with Crippen LogP contribution in [-0.4, -0.2) is 31.5 Å². The van der Waals surface area contributed by atoms with Gasteiger partial charge in [-0.15, -0.1) is 0 Å². The Bertz CT molecular complexity index is 314. The fourth-order valence-electron chi connectivity index (χ4n) is 1.38. The van der Waals surface area contributed by atoms with Crippen molar-refractivity contribution in [2.45, 2.75) is 0 Å². The summed E-state index contributed by atoms with van der Waals surface area (Å²) in [5.74, 6) is 0.763. The Kier molecular flexibility index (Phi) is 3.14. The molecule has 4 heteroatoms. The molecule has 1 fully saturated rings. The Morgan fingerprint density at radius 3 is 2.47 bits per heavy atom. The van der Waals surface area contributed by atoms with Crippen LogP contribution in [0.1, 0.15) is 0 Å². The Hall–Kier alpha value is -0.770. The van der Waals surface area contributed by atoms with E-state index in [2.05, 4.69) is 0 Å². The molecule has 0 aromatic heterocycles. The largest absolute Gasteiger partial charge is 0.493 e. The zero-order valence-electron chi connectivity index (χ0n) is 8.28. The van der Waals surface area contributed by atoms with E-state index in [1.807, 2.05) is 12.1 Å². The SMILES string of the molecule is OCC1(COc2ccc(Cl)cc2)COC1. The van der Waals surface area contributed by atoms with Crippen LogP contribution in [0.25, 0.3) is 0 Å². The topological polar surface area (TPSA) is 38.7 Å². The molecule has 15 heavy (non-hydrogen) atoms. The molecule has 1 aliphatic heterocycles. The molecule has 0 atom stereocenters. The van der Waals surface area contributed by atoms with Crippen LogP contribution >= 0.6 is 11.6 Å². The predicted molar refractivity (Wildman–Crippen MR) is 57.3 cm³/mol. The molecular formula is C11H13ClO3. The van der Waals surface area contributed by atoms with Gasteiger partial charge >= 0.3 is 0 Å². The third kappa shape index (κ3) is 2.43. The third-order valence-corrected chi connectivity index (χ3v) is 2.76. The van der Waals surface area contributed by atoms with Crippen LogP contribution in [0.4, 0.5) is 0 Å². The van der Waals surface area contributed by atoms with Crippen molar-refractivity contribution in [3.8, 4) is 5.75 Å². The van der Waals surface area contributed by atoms with Gasteiger partial charge in [-0.3, -0.25) is 0 Å². The van der Waals surface area contributed by atoms with E-state index in [-0.39, 0.29) is 12.0 Å². The average molecular weight is 229 g/mol. The lowest BCUT2D eigenvalue weighted by Gasteiger charge is -2.39. The summed E-state index contributed by atoms with van der Waals surface area (Å²) < 4.78 is 10.6. The summed E-state index contributed by atoms with van der Waals surface area (Å²) in [6.45, 7) is 1.71. The molecule has 3 nitrogen and oxygen atoms in total. The van der Waals surface area contributed by atoms with Crippen molar-refractivity contribution >= 4 is 11.6 Å². The van der Waals surface area contributed by atoms with E-state index >= 15 is 0 Å². The second-order valence-corrected chi connectivity index (χ2v) is 4.33. The van der Waals surface area contributed by atoms with Gasteiger partial charge in [-0.1, -0.05) is 11.6 Å². The van der Waals surface area contributed by atoms with Crippen molar-refractivity contribution < 1.29 is 14.6 Å². The highest BCUT2D eigenvalue weighted by Crippen LogP contribution is 2.28. The van der Waals surface area contributed by atoms with Crippen molar-refractivity contribution in [2.24, 2.45) is 5.41 Å². The van der Waals surface area contributed by atoms with Gasteiger partial charge in [-0.2, -0.15) is 0 Å². The van der Waals surface area contributed by atoms with Gasteiger partial charge in [-0.05, 0) is 24.3 Å². The minimum absolute atomic E-state index is 0.0978. The fourth-order valence-corrected chi connectivity index (χ4v) is 1.50. The summed E-state index contributed by atoms with van der Waals surface area (Å²) in [7, 11) is 0. The van der Waals surface area contributed by atoms with Crippen molar-refractivity contribution in [1.29, 1.82) is 0 Å². The molecule has 1 aromatic carbocycles. The first-order valence-electron chi connectivity index (χ1n) is 4.81. The summed E-state index contributed by atoms with van der Waals surface area (Å²) in [6, 6.07) is 7.18. The zero-order chi connectivity index (χ0) is 10.7. The highest BCUT2D eigenvalue weighted by molar-refractivity contribution is 6.30. The maximum Gasteiger partial charge on any atom is 0.119 e. The summed E-state index contributed by atoms with van der Waals surface area (Å²) in [5.41, 5.74) is -0.209. The van der Waals surface area contributed by atoms with Gasteiger partial charge in [-0.25, -0.2) is 0 Å². The summed E-state index contributed by atoms with van der Waals surface area (Å²) in [4.78, 5) is 0. The van der Waals surface area contributed by atoms with Crippen molar-refractivity contribution in [2.75, 3.05) is 26.4 Å². The van der Waals surface area contributed by atoms with E-state index in [1.54, 1.807) is 12.1 Å². The first-order valence-corrected chi connectivity index (χ1v) is 5.19. The molecule has 1 heterocycles. The molecule has 0 spiro atoms. The predicted octanol–water partition coefficient (Wildman–Crippen LogP) is 1.73. The molecule has 82 valence electrons. The molecule has 0 saturated carbocycles. The maximum atomic E-state index is 9.18. The summed E-state index contributed by atoms with van der Waals surface area (Å²) in [5, 5.41) is 9.86. The second-order valence-electron chi connectivity index (χ2n) is 3.89. The van der Waals surface area contributed by atoms with Crippen molar-refractivity contribution in [3.05, 3.63) is 29.3 Å². The van der Waals surface area contributed by atoms with Gasteiger partial charge in [0.05, 0.1) is 25.2 Å². The van der Waals surface area contributed by atoms with Crippen LogP contribution in [-0.2, 0) is 4.74 Å². The molecule has 1 aliphatic rings. The highest BCUT2D eigenvalue weighted by Gasteiger charge is 2.39. The Labute approximate surface area is 93.6 Å². The van der Waals surface area contributed by atoms with Gasteiger partial charge in [0.2, 0.25) is 0 Å². The molecule has 2 rings (SSSR count). The quantitative estimate of drug-likeness (QED) is 0.853. The van der Waals surface area contributed by atoms with E-state index in [0.29, 0.717) is 24.8 Å². The third-order valence-electron chi connectivity index (χ3n) is 2.51. The number of ether oxygens (including phenoxy) is 2. The monoisotopic (exact) mass is 228 g/mol. The van der Waals surface area contributed by atoms with E-state index in [4.69, 9.17) is 21.1 Å². The summed E-state index contributed by atoms with van der Waals surface area (Å²) in [6.07, 6.45) is 0. The molecule has 1 saturated heterocycles. The normalized spacial score (nSPS) is 18.3. The molecule has 1 N–H and O–H groups in total. The highest BCUT2D eigenvalue weighted by atomic mass is 35.5. The van der Waals surface area contributed by atoms with E-state index in [0.717, 1.165) is 5.75 Å². The van der Waals surface area contributed by atoms with Crippen LogP contribution in [0.15, 0.2) is 24.3 Å². The minimum Gasteiger partial charge on any atom is -0.493 e. The molecule has 0 aliphatic carbocycles. The molecule has 0 amide bonds. The standard InChI is InChI=1S/C11H13ClO3/c12-9-1-3-10(4-2-9)15-8-11(5-13)6-14-7-11/h1-4,13H,5-8H2. The lowest BCUT2D eigenvalue weighted by molar-refractivity contribution is -0.153. The summed E-state index contributed by atoms with van der Waals surface area (Å²) >= 11 is 5.75. The Balaban J connectivity index is 1.90. The molecule has 0 bridgehead atoms. The number of aliphatic hydroxyl groups is 1. The lowest BCUT2D eigenvalue weighted by atomic mass is 9.88. The number of halogens is 1. The van der Waals surface area contributed by atoms with Crippen LogP contribution in [0.2, 0.25) is 5.02 Å². The Morgan fingerprint density at radius 2 is 2.00 bits per heavy atom. The number of rotatable bonds is 4. The molecule has 0 radical (unpaired) electrons. The number of hydrogen-bond donors (Lipinski definition) is 1. The van der Waals surface area contributed by atoms with Crippen LogP contribution in [0.5, 0.6) is 5.75 Å². The first kappa shape index (κ1) is 10.7. The molecule has 1 aromatic rings. The van der Waals surface area contributed by atoms with Gasteiger partial charge in [0.25, 0.3) is 0 Å². The van der Waals surface area contributed by atoms with Crippen molar-refractivity contribution in [3.63, 3.8) is 0 Å². The smallest absolute Gasteiger partial charge is 0.119 e. The molecular weight excluding hydrogens is 216 g/mol. The van der Waals surface area contributed by atoms with Crippen LogP contribution in [0.3, 0.4) is 0 Å². The average Bonchev–Trinajstić information content (AvgIpc) is 2.20. The van der Waals surface area contributed by atoms with E-state index in [9.17, 15) is 5.11 Å². The number of hydrogen-bond acceptors (Lipinski definition) is 3. The van der Waals surface area contributed by atoms with E-state index < -0.39 is 0 Å². The fraction of sp³-hybridized carbons (Fsp3) is 0.455. The molecule has 0 unspecified atom stereocenters. The first-order chi connectivity index (χ1) is 7.24.